The Labute approximate surface area is 186 Å². The summed E-state index contributed by atoms with van der Waals surface area (Å²) in [5.74, 6) is 1.55. The summed E-state index contributed by atoms with van der Waals surface area (Å²) >= 11 is 1.79. The van der Waals surface area contributed by atoms with Gasteiger partial charge in [0.15, 0.2) is 0 Å². The van der Waals surface area contributed by atoms with E-state index in [0.717, 1.165) is 67.6 Å². The molecule has 4 N–H and O–H groups in total. The number of nitrogens with zero attached hydrogens (tertiary/aromatic N) is 1. The molecule has 0 radical (unpaired) electrons. The lowest BCUT2D eigenvalue weighted by Crippen LogP contribution is -2.29. The second-order valence-electron chi connectivity index (χ2n) is 9.55. The highest BCUT2D eigenvalue weighted by Gasteiger charge is 2.50. The first-order valence-corrected chi connectivity index (χ1v) is 12.5. The van der Waals surface area contributed by atoms with Crippen molar-refractivity contribution >= 4 is 23.1 Å². The molecule has 6 rings (SSSR count). The predicted octanol–water partition coefficient (Wildman–Crippen LogP) is 2.74. The van der Waals surface area contributed by atoms with Gasteiger partial charge in [-0.05, 0) is 62.6 Å². The minimum atomic E-state index is -0.291. The van der Waals surface area contributed by atoms with E-state index < -0.39 is 0 Å². The molecule has 5 aliphatic rings. The van der Waals surface area contributed by atoms with Gasteiger partial charge < -0.3 is 21.1 Å². The average molecular weight is 439 g/mol. The number of allylic oxidation sites excluding steroid dienone is 2. The Morgan fingerprint density at radius 1 is 1.32 bits per heavy atom. The fourth-order valence-corrected chi connectivity index (χ4v) is 6.39. The van der Waals surface area contributed by atoms with Crippen molar-refractivity contribution < 1.29 is 9.90 Å². The molecule has 31 heavy (non-hydrogen) atoms. The molecule has 3 aliphatic carbocycles. The highest BCUT2D eigenvalue weighted by Crippen LogP contribution is 2.47. The van der Waals surface area contributed by atoms with Crippen LogP contribution in [0, 0.1) is 5.92 Å². The van der Waals surface area contributed by atoms with E-state index in [0.29, 0.717) is 12.5 Å². The largest absolute Gasteiger partial charge is 0.391 e. The van der Waals surface area contributed by atoms with E-state index in [1.165, 1.54) is 16.0 Å². The van der Waals surface area contributed by atoms with Crippen molar-refractivity contribution in [3.63, 3.8) is 0 Å². The van der Waals surface area contributed by atoms with Gasteiger partial charge in [-0.15, -0.1) is 11.3 Å². The van der Waals surface area contributed by atoms with Gasteiger partial charge >= 0.3 is 0 Å². The molecule has 1 saturated heterocycles. The molecule has 0 aromatic carbocycles. The van der Waals surface area contributed by atoms with Crippen molar-refractivity contribution in [2.75, 3.05) is 6.54 Å². The second-order valence-corrected chi connectivity index (χ2v) is 10.7. The van der Waals surface area contributed by atoms with Crippen LogP contribution < -0.4 is 16.0 Å². The van der Waals surface area contributed by atoms with Crippen molar-refractivity contribution in [2.45, 2.75) is 75.6 Å². The van der Waals surface area contributed by atoms with E-state index in [2.05, 4.69) is 28.1 Å². The predicted molar refractivity (Wildman–Crippen MR) is 123 cm³/mol. The molecule has 2 fully saturated rings. The van der Waals surface area contributed by atoms with Gasteiger partial charge in [0.05, 0.1) is 29.8 Å². The molecule has 4 atom stereocenters. The molecule has 2 aliphatic heterocycles. The highest BCUT2D eigenvalue weighted by molar-refractivity contribution is 7.12. The Morgan fingerprint density at radius 3 is 2.94 bits per heavy atom. The molecule has 6 nitrogen and oxygen atoms in total. The van der Waals surface area contributed by atoms with Crippen LogP contribution in [0.1, 0.15) is 70.2 Å². The van der Waals surface area contributed by atoms with Gasteiger partial charge in [-0.3, -0.25) is 9.79 Å². The van der Waals surface area contributed by atoms with Gasteiger partial charge in [0.2, 0.25) is 0 Å². The van der Waals surface area contributed by atoms with E-state index in [9.17, 15) is 9.90 Å². The molecular formula is C24H30N4O2S. The molecule has 1 saturated carbocycles. The molecule has 3 heterocycles. The molecule has 1 aromatic heterocycles. The van der Waals surface area contributed by atoms with Gasteiger partial charge in [0.1, 0.15) is 5.84 Å². The summed E-state index contributed by atoms with van der Waals surface area (Å²) < 4.78 is 0. The maximum absolute atomic E-state index is 13.3. The summed E-state index contributed by atoms with van der Waals surface area (Å²) in [7, 11) is 0. The van der Waals surface area contributed by atoms with Crippen LogP contribution in [0.25, 0.3) is 0 Å². The standard InChI is InChI=1S/C24H30N4O2S/c29-22(14-6-7-14)20-21(28-20)23-19(24(30)26-12-13-4-5-13)16-11-15(8-9-17(16)31-23)27-18-3-1-2-10-25-18/h2,4,10,14-15,20-22,28-29H,1,3,5-9,11-12H2,(H,25,27)(H,26,30). The second kappa shape index (κ2) is 7.87. The average Bonchev–Trinajstić information content (AvgIpc) is 3.66. The number of aryl methyl sites for hydroxylation is 1. The van der Waals surface area contributed by atoms with E-state index >= 15 is 0 Å². The number of hydrogen-bond acceptors (Lipinski definition) is 5. The van der Waals surface area contributed by atoms with Crippen molar-refractivity contribution in [2.24, 2.45) is 10.9 Å². The normalized spacial score (nSPS) is 30.9. The summed E-state index contributed by atoms with van der Waals surface area (Å²) in [6, 6.07) is 0.434. The Balaban J connectivity index is 1.26. The molecule has 1 aromatic rings. The minimum absolute atomic E-state index is 0.0423. The summed E-state index contributed by atoms with van der Waals surface area (Å²) in [6.07, 6.45) is 14.1. The lowest BCUT2D eigenvalue weighted by atomic mass is 9.90. The number of hydrogen-bond donors (Lipinski definition) is 4. The van der Waals surface area contributed by atoms with Crippen LogP contribution in [-0.4, -0.2) is 41.6 Å². The molecule has 1 amide bonds. The molecule has 4 unspecified atom stereocenters. The first-order valence-electron chi connectivity index (χ1n) is 11.7. The SMILES string of the molecule is O=C(NCC1=CC1)c1c(C2NC2C(O)C2CC2)sc2c1CC(N=C1CCC=CN1)CC2. The summed E-state index contributed by atoms with van der Waals surface area (Å²) in [4.78, 5) is 20.8. The molecular weight excluding hydrogens is 408 g/mol. The van der Waals surface area contributed by atoms with Crippen molar-refractivity contribution in [3.05, 3.63) is 44.8 Å². The third-order valence-corrected chi connectivity index (χ3v) is 8.46. The maximum Gasteiger partial charge on any atom is 0.253 e. The number of rotatable bonds is 7. The fraction of sp³-hybridized carbons (Fsp3) is 0.583. The van der Waals surface area contributed by atoms with Crippen molar-refractivity contribution in [3.8, 4) is 0 Å². The lowest BCUT2D eigenvalue weighted by molar-refractivity contribution is 0.0955. The van der Waals surface area contributed by atoms with Crippen LogP contribution in [0.2, 0.25) is 0 Å². The molecule has 0 spiro atoms. The summed E-state index contributed by atoms with van der Waals surface area (Å²) in [6.45, 7) is 0.650. The number of fused-ring (bicyclic) bond motifs is 1. The number of amidine groups is 1. The zero-order valence-corrected chi connectivity index (χ0v) is 18.5. The minimum Gasteiger partial charge on any atom is -0.391 e. The van der Waals surface area contributed by atoms with Crippen LogP contribution >= 0.6 is 11.3 Å². The van der Waals surface area contributed by atoms with Crippen LogP contribution in [0.15, 0.2) is 28.9 Å². The Kier molecular flexibility index (Phi) is 5.00. The molecule has 164 valence electrons. The van der Waals surface area contributed by atoms with Crippen molar-refractivity contribution in [1.29, 1.82) is 0 Å². The van der Waals surface area contributed by atoms with E-state index in [-0.39, 0.29) is 30.1 Å². The maximum atomic E-state index is 13.3. The topological polar surface area (TPSA) is 95.7 Å². The smallest absolute Gasteiger partial charge is 0.253 e. The zero-order valence-electron chi connectivity index (χ0n) is 17.7. The van der Waals surface area contributed by atoms with Crippen LogP contribution in [0.3, 0.4) is 0 Å². The zero-order chi connectivity index (χ0) is 20.9. The monoisotopic (exact) mass is 438 g/mol. The van der Waals surface area contributed by atoms with Crippen LogP contribution in [-0.2, 0) is 12.8 Å². The van der Waals surface area contributed by atoms with Gasteiger partial charge in [-0.25, -0.2) is 0 Å². The Morgan fingerprint density at radius 2 is 2.19 bits per heavy atom. The molecule has 0 bridgehead atoms. The number of amides is 1. The number of thiophene rings is 1. The summed E-state index contributed by atoms with van der Waals surface area (Å²) in [5.41, 5.74) is 3.37. The number of carbonyl (C=O) groups is 1. The fourth-order valence-electron chi connectivity index (χ4n) is 4.93. The van der Waals surface area contributed by atoms with Gasteiger partial charge in [-0.1, -0.05) is 17.7 Å². The van der Waals surface area contributed by atoms with Gasteiger partial charge in [-0.2, -0.15) is 0 Å². The lowest BCUT2D eigenvalue weighted by Gasteiger charge is -2.22. The number of aliphatic hydroxyl groups is 1. The van der Waals surface area contributed by atoms with Crippen LogP contribution in [0.4, 0.5) is 0 Å². The first-order chi connectivity index (χ1) is 15.2. The van der Waals surface area contributed by atoms with E-state index in [1.807, 2.05) is 6.20 Å². The highest BCUT2D eigenvalue weighted by atomic mass is 32.1. The number of aliphatic imine (C=N–C) groups is 1. The Hall–Kier alpha value is -1.96. The summed E-state index contributed by atoms with van der Waals surface area (Å²) in [5, 5.41) is 20.5. The Bertz CT molecular complexity index is 990. The van der Waals surface area contributed by atoms with Gasteiger partial charge in [0.25, 0.3) is 5.91 Å². The molecule has 7 heteroatoms. The first kappa shape index (κ1) is 19.7. The van der Waals surface area contributed by atoms with E-state index in [1.54, 1.807) is 11.3 Å². The number of aliphatic hydroxyl groups excluding tert-OH is 1. The third-order valence-electron chi connectivity index (χ3n) is 7.09. The number of nitrogens with one attached hydrogen (secondary N) is 3. The van der Waals surface area contributed by atoms with Crippen LogP contribution in [0.5, 0.6) is 0 Å². The quantitative estimate of drug-likeness (QED) is 0.389. The van der Waals surface area contributed by atoms with E-state index in [4.69, 9.17) is 4.99 Å². The number of carbonyl (C=O) groups excluding carboxylic acids is 1. The third kappa shape index (κ3) is 4.11. The van der Waals surface area contributed by atoms with Gasteiger partial charge in [0, 0.05) is 22.7 Å². The van der Waals surface area contributed by atoms with Crippen molar-refractivity contribution in [1.82, 2.24) is 16.0 Å².